The molecule has 0 N–H and O–H groups in total. The van der Waals surface area contributed by atoms with Crippen LogP contribution in [0.1, 0.15) is 19.8 Å². The summed E-state index contributed by atoms with van der Waals surface area (Å²) in [6, 6.07) is 0. The molecule has 8 heavy (non-hydrogen) atoms. The van der Waals surface area contributed by atoms with Crippen molar-refractivity contribution in [2.24, 2.45) is 17.3 Å². The Balaban J connectivity index is 1.91. The highest BCUT2D eigenvalue weighted by Crippen LogP contribution is 2.80. The Hall–Kier alpha value is -0.260. The quantitative estimate of drug-likeness (QED) is 0.476. The second kappa shape index (κ2) is 1.02. The summed E-state index contributed by atoms with van der Waals surface area (Å²) in [5, 5.41) is 0. The fourth-order valence-electron chi connectivity index (χ4n) is 1.93. The van der Waals surface area contributed by atoms with Crippen LogP contribution >= 0.6 is 0 Å². The van der Waals surface area contributed by atoms with Gasteiger partial charge >= 0.3 is 0 Å². The van der Waals surface area contributed by atoms with Gasteiger partial charge in [-0.05, 0) is 30.1 Å². The number of allylic oxidation sites excluding steroid dienone is 1. The van der Waals surface area contributed by atoms with E-state index in [-0.39, 0.29) is 0 Å². The van der Waals surface area contributed by atoms with Crippen molar-refractivity contribution in [3.8, 4) is 0 Å². The largest absolute Gasteiger partial charge is 0.103 e. The topological polar surface area (TPSA) is 0 Å². The van der Waals surface area contributed by atoms with E-state index >= 15 is 0 Å². The predicted molar refractivity (Wildman–Crippen MR) is 34.5 cm³/mol. The van der Waals surface area contributed by atoms with Crippen molar-refractivity contribution >= 4 is 0 Å². The van der Waals surface area contributed by atoms with E-state index in [0.29, 0.717) is 0 Å². The van der Waals surface area contributed by atoms with Crippen LogP contribution in [0.15, 0.2) is 12.7 Å². The summed E-state index contributed by atoms with van der Waals surface area (Å²) in [4.78, 5) is 0. The second-order valence-electron chi connectivity index (χ2n) is 3.45. The zero-order chi connectivity index (χ0) is 5.78. The first-order valence-corrected chi connectivity index (χ1v) is 3.40. The van der Waals surface area contributed by atoms with Crippen LogP contribution in [-0.2, 0) is 0 Å². The van der Waals surface area contributed by atoms with Crippen LogP contribution < -0.4 is 0 Å². The highest BCUT2D eigenvalue weighted by atomic mass is 14.8. The van der Waals surface area contributed by atoms with E-state index in [1.807, 2.05) is 0 Å². The van der Waals surface area contributed by atoms with Crippen LogP contribution in [0.25, 0.3) is 0 Å². The molecule has 0 aliphatic heterocycles. The van der Waals surface area contributed by atoms with Gasteiger partial charge in [-0.1, -0.05) is 13.0 Å². The van der Waals surface area contributed by atoms with Crippen molar-refractivity contribution in [1.29, 1.82) is 0 Å². The number of hydrogen-bond acceptors (Lipinski definition) is 0. The first kappa shape index (κ1) is 4.60. The molecule has 0 heterocycles. The van der Waals surface area contributed by atoms with E-state index in [2.05, 4.69) is 19.6 Å². The summed E-state index contributed by atoms with van der Waals surface area (Å²) in [5.41, 5.74) is 0.814. The molecule has 0 heteroatoms. The maximum Gasteiger partial charge on any atom is -0.0257 e. The first-order chi connectivity index (χ1) is 3.79. The predicted octanol–water partition coefficient (Wildman–Crippen LogP) is 2.22. The van der Waals surface area contributed by atoms with Gasteiger partial charge in [0.25, 0.3) is 0 Å². The normalized spacial score (nSPS) is 57.1. The molecular formula is C8H12. The van der Waals surface area contributed by atoms with E-state index in [0.717, 1.165) is 17.3 Å². The third-order valence-electron chi connectivity index (χ3n) is 2.99. The van der Waals surface area contributed by atoms with Crippen LogP contribution in [-0.4, -0.2) is 0 Å². The van der Waals surface area contributed by atoms with Crippen molar-refractivity contribution in [3.05, 3.63) is 12.7 Å². The Morgan fingerprint density at radius 3 is 2.62 bits per heavy atom. The summed E-state index contributed by atoms with van der Waals surface area (Å²) >= 11 is 0. The lowest BCUT2D eigenvalue weighted by Crippen LogP contribution is -1.91. The van der Waals surface area contributed by atoms with Crippen molar-refractivity contribution in [2.45, 2.75) is 19.8 Å². The van der Waals surface area contributed by atoms with Gasteiger partial charge in [-0.25, -0.2) is 0 Å². The van der Waals surface area contributed by atoms with Crippen molar-refractivity contribution in [1.82, 2.24) is 0 Å². The molecule has 0 spiro atoms. The first-order valence-electron chi connectivity index (χ1n) is 3.40. The van der Waals surface area contributed by atoms with Crippen LogP contribution in [0, 0.1) is 17.3 Å². The minimum Gasteiger partial charge on any atom is -0.103 e. The fraction of sp³-hybridized carbons (Fsp3) is 0.750. The molecule has 2 fully saturated rings. The Labute approximate surface area is 50.6 Å². The van der Waals surface area contributed by atoms with E-state index in [1.54, 1.807) is 0 Å². The highest BCUT2D eigenvalue weighted by Gasteiger charge is 2.74. The van der Waals surface area contributed by atoms with Crippen molar-refractivity contribution in [2.75, 3.05) is 0 Å². The average Bonchev–Trinajstić information content (AvgIpc) is 2.49. The van der Waals surface area contributed by atoms with Crippen LogP contribution in [0.3, 0.4) is 0 Å². The maximum atomic E-state index is 3.73. The Morgan fingerprint density at radius 2 is 2.50 bits per heavy atom. The highest BCUT2D eigenvalue weighted by molar-refractivity contribution is 5.23. The van der Waals surface area contributed by atoms with Gasteiger partial charge in [0.1, 0.15) is 0 Å². The monoisotopic (exact) mass is 108 g/mol. The van der Waals surface area contributed by atoms with Gasteiger partial charge < -0.3 is 0 Å². The third-order valence-corrected chi connectivity index (χ3v) is 2.99. The summed E-state index contributed by atoms with van der Waals surface area (Å²) in [5.74, 6) is 2.15. The molecule has 0 aromatic rings. The Bertz CT molecular complexity index is 137. The van der Waals surface area contributed by atoms with Crippen molar-refractivity contribution in [3.63, 3.8) is 0 Å². The Kier molecular flexibility index (Phi) is 0.588. The lowest BCUT2D eigenvalue weighted by Gasteiger charge is -2.00. The SMILES string of the molecule is C=CCC1C2CC12C. The summed E-state index contributed by atoms with van der Waals surface area (Å²) in [6.45, 7) is 6.12. The standard InChI is InChI=1S/C8H12/c1-3-4-6-7-5-8(6,7)2/h3,6-7H,1,4-5H2,2H3. The zero-order valence-electron chi connectivity index (χ0n) is 5.35. The molecule has 3 atom stereocenters. The van der Waals surface area contributed by atoms with Crippen molar-refractivity contribution < 1.29 is 0 Å². The van der Waals surface area contributed by atoms with Gasteiger partial charge in [-0.15, -0.1) is 6.58 Å². The van der Waals surface area contributed by atoms with Gasteiger partial charge in [0.2, 0.25) is 0 Å². The third kappa shape index (κ3) is 0.331. The van der Waals surface area contributed by atoms with E-state index in [9.17, 15) is 0 Å². The molecule has 0 aromatic carbocycles. The molecular weight excluding hydrogens is 96.1 g/mol. The molecule has 0 radical (unpaired) electrons. The zero-order valence-corrected chi connectivity index (χ0v) is 5.35. The number of fused-ring (bicyclic) bond motifs is 1. The molecule has 2 rings (SSSR count). The van der Waals surface area contributed by atoms with E-state index < -0.39 is 0 Å². The smallest absolute Gasteiger partial charge is 0.0257 e. The Morgan fingerprint density at radius 1 is 1.88 bits per heavy atom. The molecule has 0 saturated heterocycles. The maximum absolute atomic E-state index is 3.73. The average molecular weight is 108 g/mol. The minimum absolute atomic E-state index is 0.814. The van der Waals surface area contributed by atoms with Gasteiger partial charge in [0, 0.05) is 0 Å². The minimum atomic E-state index is 0.814. The van der Waals surface area contributed by atoms with E-state index in [1.165, 1.54) is 12.8 Å². The van der Waals surface area contributed by atoms with Gasteiger partial charge in [-0.3, -0.25) is 0 Å². The number of rotatable bonds is 2. The van der Waals surface area contributed by atoms with Crippen LogP contribution in [0.5, 0.6) is 0 Å². The summed E-state index contributed by atoms with van der Waals surface area (Å²) in [6.07, 6.45) is 4.83. The second-order valence-corrected chi connectivity index (χ2v) is 3.45. The van der Waals surface area contributed by atoms with Crippen LogP contribution in [0.2, 0.25) is 0 Å². The molecule has 3 unspecified atom stereocenters. The molecule has 0 aromatic heterocycles. The van der Waals surface area contributed by atoms with E-state index in [4.69, 9.17) is 0 Å². The van der Waals surface area contributed by atoms with Gasteiger partial charge in [-0.2, -0.15) is 0 Å². The molecule has 2 aliphatic carbocycles. The summed E-state index contributed by atoms with van der Waals surface area (Å²) in [7, 11) is 0. The van der Waals surface area contributed by atoms with Gasteiger partial charge in [0.15, 0.2) is 0 Å². The fourth-order valence-corrected chi connectivity index (χ4v) is 1.93. The number of hydrogen-bond donors (Lipinski definition) is 0. The lowest BCUT2D eigenvalue weighted by atomic mass is 10.0. The molecule has 0 nitrogen and oxygen atoms in total. The molecule has 2 saturated carbocycles. The molecule has 0 bridgehead atoms. The molecule has 0 amide bonds. The lowest BCUT2D eigenvalue weighted by molar-refractivity contribution is 0.526. The molecule has 2 aliphatic rings. The summed E-state index contributed by atoms with van der Waals surface area (Å²) < 4.78 is 0. The molecule has 44 valence electrons. The van der Waals surface area contributed by atoms with Crippen LogP contribution in [0.4, 0.5) is 0 Å². The van der Waals surface area contributed by atoms with Gasteiger partial charge in [0.05, 0.1) is 0 Å².